The van der Waals surface area contributed by atoms with Crippen molar-refractivity contribution in [1.29, 1.82) is 0 Å². The van der Waals surface area contributed by atoms with Gasteiger partial charge < -0.3 is 9.88 Å². The number of nitrogens with one attached hydrogen (secondary N) is 1. The van der Waals surface area contributed by atoms with Crippen LogP contribution in [0.3, 0.4) is 0 Å². The summed E-state index contributed by atoms with van der Waals surface area (Å²) >= 11 is 0. The van der Waals surface area contributed by atoms with Crippen LogP contribution in [0.1, 0.15) is 29.7 Å². The number of hydrogen-bond donors (Lipinski definition) is 1. The molecule has 100 valence electrons. The standard InChI is InChI=1S/C16H21N3/c1-17-10-15-16(18-11-19(15)2)14-8-7-12-5-3-4-6-13(12)9-14/h7-9,11,17H,3-6,10H2,1-2H3. The van der Waals surface area contributed by atoms with Gasteiger partial charge in [0.2, 0.25) is 0 Å². The minimum absolute atomic E-state index is 0.850. The first-order chi connectivity index (χ1) is 9.29. The first-order valence-corrected chi connectivity index (χ1v) is 7.06. The Hall–Kier alpha value is -1.61. The number of fused-ring (bicyclic) bond motifs is 1. The lowest BCUT2D eigenvalue weighted by molar-refractivity contribution is 0.686. The summed E-state index contributed by atoms with van der Waals surface area (Å²) in [6.07, 6.45) is 7.02. The monoisotopic (exact) mass is 255 g/mol. The van der Waals surface area contributed by atoms with Gasteiger partial charge in [0, 0.05) is 19.2 Å². The molecular weight excluding hydrogens is 234 g/mol. The molecule has 0 radical (unpaired) electrons. The van der Waals surface area contributed by atoms with Crippen LogP contribution < -0.4 is 5.32 Å². The number of benzene rings is 1. The van der Waals surface area contributed by atoms with Crippen molar-refractivity contribution in [3.63, 3.8) is 0 Å². The molecule has 3 rings (SSSR count). The van der Waals surface area contributed by atoms with Crippen molar-refractivity contribution in [3.05, 3.63) is 41.3 Å². The Labute approximate surface area is 114 Å². The molecule has 1 aromatic carbocycles. The summed E-state index contributed by atoms with van der Waals surface area (Å²) in [7, 11) is 4.03. The van der Waals surface area contributed by atoms with Crippen molar-refractivity contribution in [2.75, 3.05) is 7.05 Å². The predicted octanol–water partition coefficient (Wildman–Crippen LogP) is 2.69. The summed E-state index contributed by atoms with van der Waals surface area (Å²) in [5, 5.41) is 3.22. The van der Waals surface area contributed by atoms with E-state index in [4.69, 9.17) is 0 Å². The molecule has 1 heterocycles. The molecule has 3 heteroatoms. The van der Waals surface area contributed by atoms with Crippen molar-refractivity contribution < 1.29 is 0 Å². The van der Waals surface area contributed by atoms with Crippen LogP contribution in [-0.2, 0) is 26.4 Å². The lowest BCUT2D eigenvalue weighted by Crippen LogP contribution is -2.10. The summed E-state index contributed by atoms with van der Waals surface area (Å²) in [5.74, 6) is 0. The van der Waals surface area contributed by atoms with Crippen molar-refractivity contribution in [1.82, 2.24) is 14.9 Å². The van der Waals surface area contributed by atoms with Gasteiger partial charge in [-0.15, -0.1) is 0 Å². The molecule has 1 N–H and O–H groups in total. The van der Waals surface area contributed by atoms with Crippen LogP contribution in [0.15, 0.2) is 24.5 Å². The summed E-state index contributed by atoms with van der Waals surface area (Å²) in [4.78, 5) is 4.58. The van der Waals surface area contributed by atoms with Crippen LogP contribution in [0.2, 0.25) is 0 Å². The number of nitrogens with zero attached hydrogens (tertiary/aromatic N) is 2. The van der Waals surface area contributed by atoms with Crippen molar-refractivity contribution >= 4 is 0 Å². The van der Waals surface area contributed by atoms with Gasteiger partial charge in [-0.25, -0.2) is 4.98 Å². The summed E-state index contributed by atoms with van der Waals surface area (Å²) < 4.78 is 2.10. The molecule has 0 fully saturated rings. The van der Waals surface area contributed by atoms with Gasteiger partial charge in [-0.2, -0.15) is 0 Å². The Kier molecular flexibility index (Phi) is 3.38. The highest BCUT2D eigenvalue weighted by Gasteiger charge is 2.14. The topological polar surface area (TPSA) is 29.9 Å². The maximum Gasteiger partial charge on any atom is 0.0953 e. The minimum atomic E-state index is 0.850. The summed E-state index contributed by atoms with van der Waals surface area (Å²) in [6, 6.07) is 6.86. The molecule has 1 aliphatic carbocycles. The van der Waals surface area contributed by atoms with Crippen LogP contribution in [0, 0.1) is 0 Å². The quantitative estimate of drug-likeness (QED) is 0.914. The fraction of sp³-hybridized carbons (Fsp3) is 0.438. The average molecular weight is 255 g/mol. The van der Waals surface area contributed by atoms with Gasteiger partial charge in [0.15, 0.2) is 0 Å². The second kappa shape index (κ2) is 5.17. The van der Waals surface area contributed by atoms with E-state index in [9.17, 15) is 0 Å². The largest absolute Gasteiger partial charge is 0.336 e. The van der Waals surface area contributed by atoms with E-state index >= 15 is 0 Å². The number of hydrogen-bond acceptors (Lipinski definition) is 2. The number of aromatic nitrogens is 2. The van der Waals surface area contributed by atoms with Crippen LogP contribution >= 0.6 is 0 Å². The molecule has 3 nitrogen and oxygen atoms in total. The molecule has 0 bridgehead atoms. The molecular formula is C16H21N3. The molecule has 19 heavy (non-hydrogen) atoms. The molecule has 0 saturated heterocycles. The Morgan fingerprint density at radius 3 is 2.79 bits per heavy atom. The van der Waals surface area contributed by atoms with Crippen LogP contribution in [0.5, 0.6) is 0 Å². The Balaban J connectivity index is 2.02. The number of imidazole rings is 1. The smallest absolute Gasteiger partial charge is 0.0953 e. The van der Waals surface area contributed by atoms with Gasteiger partial charge in [0.05, 0.1) is 17.7 Å². The van der Waals surface area contributed by atoms with E-state index in [1.165, 1.54) is 48.1 Å². The molecule has 0 aliphatic heterocycles. The molecule has 2 aromatic rings. The second-order valence-electron chi connectivity index (χ2n) is 5.37. The van der Waals surface area contributed by atoms with Gasteiger partial charge >= 0.3 is 0 Å². The van der Waals surface area contributed by atoms with Crippen molar-refractivity contribution in [2.45, 2.75) is 32.2 Å². The molecule has 1 aromatic heterocycles. The molecule has 0 saturated carbocycles. The minimum Gasteiger partial charge on any atom is -0.336 e. The van der Waals surface area contributed by atoms with Crippen molar-refractivity contribution in [2.24, 2.45) is 7.05 Å². The lowest BCUT2D eigenvalue weighted by Gasteiger charge is -2.16. The average Bonchev–Trinajstić information content (AvgIpc) is 2.80. The van der Waals surface area contributed by atoms with Gasteiger partial charge in [-0.1, -0.05) is 12.1 Å². The molecule has 1 aliphatic rings. The lowest BCUT2D eigenvalue weighted by atomic mass is 9.90. The molecule has 0 atom stereocenters. The van der Waals surface area contributed by atoms with Gasteiger partial charge in [0.1, 0.15) is 0 Å². The molecule has 0 amide bonds. The predicted molar refractivity (Wildman–Crippen MR) is 78.0 cm³/mol. The highest BCUT2D eigenvalue weighted by Crippen LogP contribution is 2.28. The summed E-state index contributed by atoms with van der Waals surface area (Å²) in [6.45, 7) is 0.850. The maximum absolute atomic E-state index is 4.58. The van der Waals surface area contributed by atoms with E-state index < -0.39 is 0 Å². The zero-order chi connectivity index (χ0) is 13.2. The van der Waals surface area contributed by atoms with Crippen LogP contribution in [-0.4, -0.2) is 16.6 Å². The highest BCUT2D eigenvalue weighted by atomic mass is 15.1. The summed E-state index contributed by atoms with van der Waals surface area (Å²) in [5.41, 5.74) is 6.67. The number of aryl methyl sites for hydroxylation is 3. The Morgan fingerprint density at radius 2 is 2.00 bits per heavy atom. The van der Waals surface area contributed by atoms with Crippen LogP contribution in [0.25, 0.3) is 11.3 Å². The fourth-order valence-electron chi connectivity index (χ4n) is 2.95. The third-order valence-corrected chi connectivity index (χ3v) is 4.03. The maximum atomic E-state index is 4.58. The molecule has 0 spiro atoms. The first kappa shape index (κ1) is 12.4. The fourth-order valence-corrected chi connectivity index (χ4v) is 2.95. The van der Waals surface area contributed by atoms with E-state index in [1.807, 2.05) is 13.4 Å². The third-order valence-electron chi connectivity index (χ3n) is 4.03. The van der Waals surface area contributed by atoms with E-state index in [0.29, 0.717) is 0 Å². The van der Waals surface area contributed by atoms with E-state index in [1.54, 1.807) is 0 Å². The van der Waals surface area contributed by atoms with Gasteiger partial charge in [0.25, 0.3) is 0 Å². The van der Waals surface area contributed by atoms with E-state index in [0.717, 1.165) is 12.2 Å². The normalized spacial score (nSPS) is 14.4. The van der Waals surface area contributed by atoms with Crippen LogP contribution in [0.4, 0.5) is 0 Å². The SMILES string of the molecule is CNCc1c(-c2ccc3c(c2)CCCC3)ncn1C. The van der Waals surface area contributed by atoms with Crippen molar-refractivity contribution in [3.8, 4) is 11.3 Å². The third kappa shape index (κ3) is 2.30. The molecule has 0 unspecified atom stereocenters. The highest BCUT2D eigenvalue weighted by molar-refractivity contribution is 5.64. The number of rotatable bonds is 3. The van der Waals surface area contributed by atoms with E-state index in [-0.39, 0.29) is 0 Å². The second-order valence-corrected chi connectivity index (χ2v) is 5.37. The van der Waals surface area contributed by atoms with E-state index in [2.05, 4.69) is 40.1 Å². The first-order valence-electron chi connectivity index (χ1n) is 7.06. The zero-order valence-electron chi connectivity index (χ0n) is 11.7. The van der Waals surface area contributed by atoms with Gasteiger partial charge in [-0.3, -0.25) is 0 Å². The Bertz CT molecular complexity index is 584. The Morgan fingerprint density at radius 1 is 1.21 bits per heavy atom. The zero-order valence-corrected chi connectivity index (χ0v) is 11.7. The van der Waals surface area contributed by atoms with Gasteiger partial charge in [-0.05, 0) is 49.9 Å².